The summed E-state index contributed by atoms with van der Waals surface area (Å²) < 4.78 is 0. The summed E-state index contributed by atoms with van der Waals surface area (Å²) in [4.78, 5) is 4.68. The summed E-state index contributed by atoms with van der Waals surface area (Å²) in [5, 5.41) is 2.44. The van der Waals surface area contributed by atoms with Crippen LogP contribution in [0, 0.1) is 6.92 Å². The van der Waals surface area contributed by atoms with Crippen LogP contribution in [-0.2, 0) is 0 Å². The molecule has 0 aliphatic carbocycles. The molecule has 9 aromatic carbocycles. The van der Waals surface area contributed by atoms with E-state index in [2.05, 4.69) is 241 Å². The molecule has 0 atom stereocenters. The number of hydrogen-bond donors (Lipinski definition) is 0. The van der Waals surface area contributed by atoms with Gasteiger partial charge in [0.25, 0.3) is 0 Å². The lowest BCUT2D eigenvalue weighted by molar-refractivity contribution is 1.28. The maximum Gasteiger partial charge on any atom is 0.0540 e. The topological polar surface area (TPSA) is 6.48 Å². The molecule has 0 aliphatic rings. The number of hydrogen-bond acceptors (Lipinski definition) is 2. The maximum atomic E-state index is 2.35. The molecule has 0 fully saturated rings. The molecule has 0 unspecified atom stereocenters. The van der Waals surface area contributed by atoms with Crippen molar-refractivity contribution in [1.82, 2.24) is 0 Å². The third kappa shape index (κ3) is 7.02. The summed E-state index contributed by atoms with van der Waals surface area (Å²) in [6.07, 6.45) is 0. The predicted octanol–water partition coefficient (Wildman–Crippen LogP) is 15.1. The molecule has 0 N–H and O–H groups in total. The van der Waals surface area contributed by atoms with E-state index in [4.69, 9.17) is 0 Å². The van der Waals surface area contributed by atoms with Gasteiger partial charge in [-0.3, -0.25) is 0 Å². The zero-order valence-corrected chi connectivity index (χ0v) is 30.8. The second-order valence-electron chi connectivity index (χ2n) is 13.9. The standard InChI is InChI=1S/C53H40N2/c1-39-19-21-41(22-20-39)43-25-33-49(34-26-43)54(48-31-23-42(24-32-48)40-11-4-2-5-12-40)50-35-27-44(28-36-50)45-29-37-51(38-30-45)55(47-15-6-3-7-16-47)53-18-10-14-46-13-8-9-17-52(46)53/h2-38H,1H3. The molecule has 0 aliphatic heterocycles. The predicted molar refractivity (Wildman–Crippen MR) is 234 cm³/mol. The van der Waals surface area contributed by atoms with Crippen molar-refractivity contribution in [3.8, 4) is 33.4 Å². The van der Waals surface area contributed by atoms with E-state index in [0.29, 0.717) is 0 Å². The van der Waals surface area contributed by atoms with Gasteiger partial charge >= 0.3 is 0 Å². The highest BCUT2D eigenvalue weighted by atomic mass is 15.1. The van der Waals surface area contributed by atoms with Gasteiger partial charge in [-0.15, -0.1) is 0 Å². The molecule has 9 rings (SSSR count). The highest BCUT2D eigenvalue weighted by Crippen LogP contribution is 2.41. The number of aryl methyl sites for hydroxylation is 1. The quantitative estimate of drug-likeness (QED) is 0.148. The van der Waals surface area contributed by atoms with Crippen LogP contribution in [0.25, 0.3) is 44.2 Å². The minimum atomic E-state index is 1.10. The van der Waals surface area contributed by atoms with E-state index < -0.39 is 0 Å². The Labute approximate surface area is 323 Å². The molecule has 0 saturated heterocycles. The Morgan fingerprint density at radius 3 is 1.09 bits per heavy atom. The van der Waals surface area contributed by atoms with Crippen molar-refractivity contribution in [2.45, 2.75) is 6.92 Å². The lowest BCUT2D eigenvalue weighted by atomic mass is 10.0. The van der Waals surface area contributed by atoms with E-state index in [9.17, 15) is 0 Å². The smallest absolute Gasteiger partial charge is 0.0540 e. The van der Waals surface area contributed by atoms with Crippen molar-refractivity contribution >= 4 is 44.9 Å². The molecular formula is C53H40N2. The van der Waals surface area contributed by atoms with E-state index in [1.165, 1.54) is 49.7 Å². The molecule has 0 amide bonds. The van der Waals surface area contributed by atoms with Gasteiger partial charge in [0.1, 0.15) is 0 Å². The molecule has 0 bridgehead atoms. The summed E-state index contributed by atoms with van der Waals surface area (Å²) >= 11 is 0. The monoisotopic (exact) mass is 704 g/mol. The molecule has 2 nitrogen and oxygen atoms in total. The Hall–Kier alpha value is -7.16. The van der Waals surface area contributed by atoms with Crippen molar-refractivity contribution in [2.75, 3.05) is 9.80 Å². The van der Waals surface area contributed by atoms with Crippen LogP contribution in [0.4, 0.5) is 34.1 Å². The first kappa shape index (κ1) is 33.7. The SMILES string of the molecule is Cc1ccc(-c2ccc(N(c3ccc(-c4ccccc4)cc3)c3ccc(-c4ccc(N(c5ccccc5)c5cccc6ccccc56)cc4)cc3)cc2)cc1. The van der Waals surface area contributed by atoms with Crippen LogP contribution in [-0.4, -0.2) is 0 Å². The molecular weight excluding hydrogens is 665 g/mol. The van der Waals surface area contributed by atoms with Gasteiger partial charge < -0.3 is 9.80 Å². The molecule has 0 spiro atoms. The van der Waals surface area contributed by atoms with Gasteiger partial charge in [0.15, 0.2) is 0 Å². The molecule has 2 heteroatoms. The van der Waals surface area contributed by atoms with Gasteiger partial charge in [-0.2, -0.15) is 0 Å². The lowest BCUT2D eigenvalue weighted by Gasteiger charge is -2.27. The third-order valence-electron chi connectivity index (χ3n) is 10.3. The molecule has 262 valence electrons. The number of rotatable bonds is 9. The summed E-state index contributed by atoms with van der Waals surface area (Å²) in [6, 6.07) is 80.6. The molecule has 0 saturated carbocycles. The minimum absolute atomic E-state index is 1.10. The van der Waals surface area contributed by atoms with Crippen molar-refractivity contribution in [2.24, 2.45) is 0 Å². The number of anilines is 6. The van der Waals surface area contributed by atoms with Gasteiger partial charge in [-0.25, -0.2) is 0 Å². The third-order valence-corrected chi connectivity index (χ3v) is 10.3. The van der Waals surface area contributed by atoms with E-state index in [0.717, 1.165) is 34.1 Å². The summed E-state index contributed by atoms with van der Waals surface area (Å²) in [6.45, 7) is 2.13. The summed E-state index contributed by atoms with van der Waals surface area (Å²) in [7, 11) is 0. The van der Waals surface area contributed by atoms with Crippen molar-refractivity contribution in [3.63, 3.8) is 0 Å². The minimum Gasteiger partial charge on any atom is -0.311 e. The van der Waals surface area contributed by atoms with Gasteiger partial charge in [-0.1, -0.05) is 163 Å². The van der Waals surface area contributed by atoms with Crippen LogP contribution >= 0.6 is 0 Å². The summed E-state index contributed by atoms with van der Waals surface area (Å²) in [5.74, 6) is 0. The Bertz CT molecular complexity index is 2640. The molecule has 0 radical (unpaired) electrons. The first-order valence-electron chi connectivity index (χ1n) is 18.8. The van der Waals surface area contributed by atoms with Crippen LogP contribution in [0.5, 0.6) is 0 Å². The Morgan fingerprint density at radius 1 is 0.255 bits per heavy atom. The first-order valence-corrected chi connectivity index (χ1v) is 18.8. The van der Waals surface area contributed by atoms with Crippen molar-refractivity contribution < 1.29 is 0 Å². The number of nitrogens with zero attached hydrogens (tertiary/aromatic N) is 2. The second kappa shape index (κ2) is 15.1. The Morgan fingerprint density at radius 2 is 0.600 bits per heavy atom. The van der Waals surface area contributed by atoms with Crippen LogP contribution < -0.4 is 9.80 Å². The molecule has 0 heterocycles. The van der Waals surface area contributed by atoms with Crippen molar-refractivity contribution in [3.05, 3.63) is 230 Å². The molecule has 0 aromatic heterocycles. The molecule has 55 heavy (non-hydrogen) atoms. The number of fused-ring (bicyclic) bond motifs is 1. The number of benzene rings is 9. The highest BCUT2D eigenvalue weighted by Gasteiger charge is 2.17. The van der Waals surface area contributed by atoms with Crippen LogP contribution in [0.1, 0.15) is 5.56 Å². The fourth-order valence-corrected chi connectivity index (χ4v) is 7.44. The van der Waals surface area contributed by atoms with E-state index in [1.807, 2.05) is 0 Å². The molecule has 9 aromatic rings. The average molecular weight is 705 g/mol. The normalized spacial score (nSPS) is 11.0. The van der Waals surface area contributed by atoms with Crippen LogP contribution in [0.15, 0.2) is 224 Å². The van der Waals surface area contributed by atoms with Gasteiger partial charge in [0.2, 0.25) is 0 Å². The van der Waals surface area contributed by atoms with Gasteiger partial charge in [-0.05, 0) is 112 Å². The van der Waals surface area contributed by atoms with Gasteiger partial charge in [0.05, 0.1) is 5.69 Å². The average Bonchev–Trinajstić information content (AvgIpc) is 3.26. The highest BCUT2D eigenvalue weighted by molar-refractivity contribution is 5.99. The van der Waals surface area contributed by atoms with E-state index in [-0.39, 0.29) is 0 Å². The zero-order chi connectivity index (χ0) is 37.0. The lowest BCUT2D eigenvalue weighted by Crippen LogP contribution is -2.10. The van der Waals surface area contributed by atoms with Crippen LogP contribution in [0.3, 0.4) is 0 Å². The Kier molecular flexibility index (Phi) is 9.22. The fourth-order valence-electron chi connectivity index (χ4n) is 7.44. The Balaban J connectivity index is 1.04. The summed E-state index contributed by atoms with van der Waals surface area (Å²) in [5.41, 5.74) is 15.1. The fraction of sp³-hybridized carbons (Fsp3) is 0.0189. The van der Waals surface area contributed by atoms with Crippen molar-refractivity contribution in [1.29, 1.82) is 0 Å². The second-order valence-corrected chi connectivity index (χ2v) is 13.9. The van der Waals surface area contributed by atoms with Crippen LogP contribution in [0.2, 0.25) is 0 Å². The first-order chi connectivity index (χ1) is 27.2. The van der Waals surface area contributed by atoms with Gasteiger partial charge in [0, 0.05) is 33.8 Å². The maximum absolute atomic E-state index is 2.35. The zero-order valence-electron chi connectivity index (χ0n) is 30.8. The number of para-hydroxylation sites is 1. The van der Waals surface area contributed by atoms with E-state index >= 15 is 0 Å². The largest absolute Gasteiger partial charge is 0.311 e. The van der Waals surface area contributed by atoms with E-state index in [1.54, 1.807) is 0 Å².